The van der Waals surface area contributed by atoms with E-state index in [9.17, 15) is 9.59 Å². The number of nitrogens with zero attached hydrogens (tertiary/aromatic N) is 3. The van der Waals surface area contributed by atoms with E-state index in [1.807, 2.05) is 49.6 Å². The molecule has 1 amide bonds. The second kappa shape index (κ2) is 11.8. The van der Waals surface area contributed by atoms with Gasteiger partial charge in [-0.1, -0.05) is 42.5 Å². The fourth-order valence-electron chi connectivity index (χ4n) is 3.33. The number of esters is 1. The summed E-state index contributed by atoms with van der Waals surface area (Å²) in [6.07, 6.45) is 2.42. The minimum absolute atomic E-state index is 0.104. The van der Waals surface area contributed by atoms with Crippen molar-refractivity contribution < 1.29 is 19.1 Å². The number of aryl methyl sites for hydroxylation is 2. The predicted molar refractivity (Wildman–Crippen MR) is 135 cm³/mol. The molecule has 2 aromatic heterocycles. The lowest BCUT2D eigenvalue weighted by atomic mass is 10.1. The highest BCUT2D eigenvalue weighted by atomic mass is 32.2. The Balaban J connectivity index is 1.67. The molecule has 180 valence electrons. The number of thiophene rings is 1. The molecule has 0 aliphatic carbocycles. The highest BCUT2D eigenvalue weighted by Crippen LogP contribution is 2.34. The first-order valence-electron chi connectivity index (χ1n) is 10.7. The summed E-state index contributed by atoms with van der Waals surface area (Å²) in [4.78, 5) is 25.9. The molecule has 0 atom stereocenters. The van der Waals surface area contributed by atoms with Gasteiger partial charge in [0.05, 0.1) is 18.4 Å². The number of hydrogen-bond acceptors (Lipinski definition) is 8. The number of allylic oxidation sites excluding steroid dienone is 1. The molecule has 1 aromatic carbocycles. The van der Waals surface area contributed by atoms with Crippen molar-refractivity contribution in [1.29, 1.82) is 0 Å². The average Bonchev–Trinajstić information content (AvgIpc) is 3.36. The van der Waals surface area contributed by atoms with Crippen LogP contribution >= 0.6 is 23.1 Å². The molecule has 0 fully saturated rings. The number of carbonyl (C=O) groups is 2. The molecular formula is C24H28N4O4S2. The number of anilines is 1. The van der Waals surface area contributed by atoms with Gasteiger partial charge in [-0.05, 0) is 38.0 Å². The lowest BCUT2D eigenvalue weighted by Gasteiger charge is -2.10. The molecule has 0 spiro atoms. The van der Waals surface area contributed by atoms with Crippen LogP contribution in [0.15, 0.2) is 42.1 Å². The Morgan fingerprint density at radius 2 is 1.97 bits per heavy atom. The fourth-order valence-corrected chi connectivity index (χ4v) is 5.25. The van der Waals surface area contributed by atoms with Crippen LogP contribution in [0, 0.1) is 13.8 Å². The summed E-state index contributed by atoms with van der Waals surface area (Å²) in [5.74, 6) is 0.787. The second-order valence-electron chi connectivity index (χ2n) is 7.42. The van der Waals surface area contributed by atoms with Crippen molar-refractivity contribution in [3.8, 4) is 5.75 Å². The summed E-state index contributed by atoms with van der Waals surface area (Å²) < 4.78 is 12.6. The minimum Gasteiger partial charge on any atom is -0.486 e. The number of hydrogen-bond donors (Lipinski definition) is 1. The van der Waals surface area contributed by atoms with Crippen LogP contribution in [-0.2, 0) is 29.1 Å². The molecule has 1 N–H and O–H groups in total. The van der Waals surface area contributed by atoms with Crippen LogP contribution in [0.3, 0.4) is 0 Å². The van der Waals surface area contributed by atoms with E-state index in [1.54, 1.807) is 6.08 Å². The zero-order valence-electron chi connectivity index (χ0n) is 19.7. The quantitative estimate of drug-likeness (QED) is 0.229. The number of carbonyl (C=O) groups excluding carboxylic acids is 2. The van der Waals surface area contributed by atoms with Gasteiger partial charge in [-0.15, -0.1) is 28.1 Å². The Labute approximate surface area is 207 Å². The lowest BCUT2D eigenvalue weighted by Crippen LogP contribution is -2.17. The molecule has 10 heteroatoms. The number of amides is 1. The van der Waals surface area contributed by atoms with Crippen molar-refractivity contribution >= 4 is 40.0 Å². The Bertz CT molecular complexity index is 1170. The third-order valence-corrected chi connectivity index (χ3v) is 7.06. The van der Waals surface area contributed by atoms with Gasteiger partial charge in [0.1, 0.15) is 17.4 Å². The molecule has 0 unspecified atom stereocenters. The normalized spacial score (nSPS) is 10.7. The van der Waals surface area contributed by atoms with Crippen LogP contribution in [0.4, 0.5) is 5.00 Å². The third-order valence-electron chi connectivity index (χ3n) is 5.03. The van der Waals surface area contributed by atoms with Gasteiger partial charge in [0.25, 0.3) is 0 Å². The lowest BCUT2D eigenvalue weighted by molar-refractivity contribution is -0.113. The van der Waals surface area contributed by atoms with Gasteiger partial charge in [0, 0.05) is 11.4 Å². The highest BCUT2D eigenvalue weighted by molar-refractivity contribution is 7.99. The molecule has 0 aliphatic rings. The van der Waals surface area contributed by atoms with E-state index in [0.717, 1.165) is 21.8 Å². The van der Waals surface area contributed by atoms with Gasteiger partial charge in [-0.2, -0.15) is 0 Å². The highest BCUT2D eigenvalue weighted by Gasteiger charge is 2.23. The Morgan fingerprint density at radius 3 is 2.62 bits per heavy atom. The van der Waals surface area contributed by atoms with Gasteiger partial charge >= 0.3 is 5.97 Å². The van der Waals surface area contributed by atoms with Gasteiger partial charge in [-0.3, -0.25) is 9.36 Å². The van der Waals surface area contributed by atoms with Gasteiger partial charge in [0.15, 0.2) is 11.0 Å². The van der Waals surface area contributed by atoms with Crippen LogP contribution in [0.2, 0.25) is 0 Å². The summed E-state index contributed by atoms with van der Waals surface area (Å²) in [5.41, 5.74) is 2.47. The molecule has 0 radical (unpaired) electrons. The monoisotopic (exact) mass is 500 g/mol. The van der Waals surface area contributed by atoms with E-state index in [4.69, 9.17) is 9.47 Å². The van der Waals surface area contributed by atoms with Crippen molar-refractivity contribution in [2.45, 2.75) is 45.5 Å². The standard InChI is InChI=1S/C24H28N4O4S2/c1-6-12-28-19(13-32-17-10-8-15(3)9-11-17)26-27-24(28)33-14-20(29)25-22-21(23(30)31-5)18(7-2)16(4)34-22/h6,8-11H,1,7,12-14H2,2-5H3,(H,25,29). The zero-order chi connectivity index (χ0) is 24.7. The second-order valence-corrected chi connectivity index (χ2v) is 9.59. The maximum absolute atomic E-state index is 12.7. The van der Waals surface area contributed by atoms with Crippen molar-refractivity contribution in [3.63, 3.8) is 0 Å². The van der Waals surface area contributed by atoms with Gasteiger partial charge in [-0.25, -0.2) is 4.79 Å². The number of nitrogens with one attached hydrogen (secondary N) is 1. The molecular weight excluding hydrogens is 472 g/mol. The topological polar surface area (TPSA) is 95.3 Å². The molecule has 0 aliphatic heterocycles. The minimum atomic E-state index is -0.451. The van der Waals surface area contributed by atoms with E-state index in [0.29, 0.717) is 34.5 Å². The number of methoxy groups -OCH3 is 1. The molecule has 0 saturated carbocycles. The summed E-state index contributed by atoms with van der Waals surface area (Å²) in [6, 6.07) is 7.77. The maximum Gasteiger partial charge on any atom is 0.341 e. The van der Waals surface area contributed by atoms with Crippen LogP contribution in [0.5, 0.6) is 5.75 Å². The Hall–Kier alpha value is -3.11. The molecule has 3 rings (SSSR count). The zero-order valence-corrected chi connectivity index (χ0v) is 21.3. The van der Waals surface area contributed by atoms with Crippen molar-refractivity contribution in [1.82, 2.24) is 14.8 Å². The third kappa shape index (κ3) is 6.06. The number of thioether (sulfide) groups is 1. The van der Waals surface area contributed by atoms with E-state index in [-0.39, 0.29) is 18.3 Å². The fraction of sp³-hybridized carbons (Fsp3) is 0.333. The predicted octanol–water partition coefficient (Wildman–Crippen LogP) is 4.80. The smallest absolute Gasteiger partial charge is 0.341 e. The number of rotatable bonds is 11. The molecule has 8 nitrogen and oxygen atoms in total. The van der Waals surface area contributed by atoms with Crippen molar-refractivity contribution in [3.05, 3.63) is 64.3 Å². The first kappa shape index (κ1) is 25.5. The average molecular weight is 501 g/mol. The van der Waals surface area contributed by atoms with Crippen LogP contribution < -0.4 is 10.1 Å². The SMILES string of the molecule is C=CCn1c(COc2ccc(C)cc2)nnc1SCC(=O)Nc1sc(C)c(CC)c1C(=O)OC. The van der Waals surface area contributed by atoms with Crippen molar-refractivity contribution in [2.75, 3.05) is 18.2 Å². The van der Waals surface area contributed by atoms with E-state index in [1.165, 1.54) is 30.2 Å². The van der Waals surface area contributed by atoms with Crippen molar-refractivity contribution in [2.24, 2.45) is 0 Å². The Kier molecular flexibility index (Phi) is 8.89. The number of benzene rings is 1. The van der Waals surface area contributed by atoms with E-state index < -0.39 is 5.97 Å². The van der Waals surface area contributed by atoms with Crippen LogP contribution in [-0.4, -0.2) is 39.5 Å². The van der Waals surface area contributed by atoms with E-state index >= 15 is 0 Å². The number of aromatic nitrogens is 3. The van der Waals surface area contributed by atoms with Gasteiger partial charge in [0.2, 0.25) is 5.91 Å². The molecule has 3 aromatic rings. The summed E-state index contributed by atoms with van der Waals surface area (Å²) in [6.45, 7) is 10.4. The molecule has 2 heterocycles. The van der Waals surface area contributed by atoms with Gasteiger partial charge < -0.3 is 14.8 Å². The Morgan fingerprint density at radius 1 is 1.24 bits per heavy atom. The van der Waals surface area contributed by atoms with Crippen LogP contribution in [0.25, 0.3) is 0 Å². The molecule has 34 heavy (non-hydrogen) atoms. The maximum atomic E-state index is 12.7. The summed E-state index contributed by atoms with van der Waals surface area (Å²) in [5, 5.41) is 12.4. The number of ether oxygens (including phenoxy) is 2. The first-order chi connectivity index (χ1) is 16.4. The summed E-state index contributed by atoms with van der Waals surface area (Å²) in [7, 11) is 1.34. The first-order valence-corrected chi connectivity index (χ1v) is 12.5. The molecule has 0 bridgehead atoms. The van der Waals surface area contributed by atoms with E-state index in [2.05, 4.69) is 22.1 Å². The van der Waals surface area contributed by atoms with Crippen LogP contribution in [0.1, 0.15) is 39.1 Å². The summed E-state index contributed by atoms with van der Waals surface area (Å²) >= 11 is 2.63. The molecule has 0 saturated heterocycles. The largest absolute Gasteiger partial charge is 0.486 e.